The van der Waals surface area contributed by atoms with Crippen molar-refractivity contribution in [1.29, 1.82) is 0 Å². The maximum atomic E-state index is 12.0. The first kappa shape index (κ1) is 15.6. The standard InChI is InChI=1S/C19H17N3O2/c1-24-18-10-8-16(9-11-18)21-19(23)12-7-15-13-20-22(14-15)17-5-3-2-4-6-17/h2-14H,1H3,(H,21,23)/b12-7+. The highest BCUT2D eigenvalue weighted by Gasteiger charge is 2.01. The van der Waals surface area contributed by atoms with E-state index in [4.69, 9.17) is 4.74 Å². The smallest absolute Gasteiger partial charge is 0.248 e. The number of aromatic nitrogens is 2. The van der Waals surface area contributed by atoms with Crippen LogP contribution in [0.1, 0.15) is 5.56 Å². The van der Waals surface area contributed by atoms with Gasteiger partial charge in [0.2, 0.25) is 5.91 Å². The van der Waals surface area contributed by atoms with Gasteiger partial charge in [0.25, 0.3) is 0 Å². The molecule has 1 heterocycles. The number of hydrogen-bond donors (Lipinski definition) is 1. The molecule has 5 nitrogen and oxygen atoms in total. The third-order valence-corrected chi connectivity index (χ3v) is 3.41. The maximum absolute atomic E-state index is 12.0. The van der Waals surface area contributed by atoms with Crippen molar-refractivity contribution >= 4 is 17.7 Å². The molecule has 0 unspecified atom stereocenters. The SMILES string of the molecule is COc1ccc(NC(=O)/C=C/c2cnn(-c3ccccc3)c2)cc1. The second-order valence-electron chi connectivity index (χ2n) is 5.10. The molecule has 1 N–H and O–H groups in total. The van der Waals surface area contributed by atoms with Crippen molar-refractivity contribution in [3.05, 3.63) is 78.6 Å². The molecule has 0 radical (unpaired) electrons. The molecule has 3 rings (SSSR count). The van der Waals surface area contributed by atoms with Gasteiger partial charge in [-0.25, -0.2) is 4.68 Å². The number of methoxy groups -OCH3 is 1. The second-order valence-corrected chi connectivity index (χ2v) is 5.10. The van der Waals surface area contributed by atoms with Gasteiger partial charge >= 0.3 is 0 Å². The molecule has 120 valence electrons. The lowest BCUT2D eigenvalue weighted by atomic mass is 10.3. The van der Waals surface area contributed by atoms with Gasteiger partial charge in [0.1, 0.15) is 5.75 Å². The molecule has 0 aliphatic rings. The third-order valence-electron chi connectivity index (χ3n) is 3.41. The van der Waals surface area contributed by atoms with Crippen molar-refractivity contribution in [1.82, 2.24) is 9.78 Å². The van der Waals surface area contributed by atoms with Crippen LogP contribution in [0, 0.1) is 0 Å². The predicted molar refractivity (Wildman–Crippen MR) is 94.2 cm³/mol. The highest BCUT2D eigenvalue weighted by Crippen LogP contribution is 2.15. The Hall–Kier alpha value is -3.34. The Bertz CT molecular complexity index is 837. The van der Waals surface area contributed by atoms with E-state index >= 15 is 0 Å². The number of benzene rings is 2. The van der Waals surface area contributed by atoms with Crippen LogP contribution in [0.25, 0.3) is 11.8 Å². The molecule has 2 aromatic carbocycles. The summed E-state index contributed by atoms with van der Waals surface area (Å²) in [6, 6.07) is 17.0. The molecule has 0 saturated carbocycles. The predicted octanol–water partition coefficient (Wildman–Crippen LogP) is 3.53. The molecule has 0 saturated heterocycles. The number of anilines is 1. The van der Waals surface area contributed by atoms with Crippen LogP contribution in [-0.2, 0) is 4.79 Å². The number of hydrogen-bond acceptors (Lipinski definition) is 3. The van der Waals surface area contributed by atoms with Crippen LogP contribution in [0.15, 0.2) is 73.1 Å². The number of rotatable bonds is 5. The summed E-state index contributed by atoms with van der Waals surface area (Å²) in [5, 5.41) is 7.08. The van der Waals surface area contributed by atoms with Gasteiger partial charge < -0.3 is 10.1 Å². The molecule has 1 amide bonds. The van der Waals surface area contributed by atoms with Crippen LogP contribution in [0.2, 0.25) is 0 Å². The number of nitrogens with one attached hydrogen (secondary N) is 1. The van der Waals surface area contributed by atoms with E-state index in [1.54, 1.807) is 48.3 Å². The first-order valence-corrected chi connectivity index (χ1v) is 7.48. The Kier molecular flexibility index (Phi) is 4.72. The normalized spacial score (nSPS) is 10.7. The largest absolute Gasteiger partial charge is 0.497 e. The molecule has 3 aromatic rings. The molecular weight excluding hydrogens is 302 g/mol. The van der Waals surface area contributed by atoms with E-state index in [2.05, 4.69) is 10.4 Å². The zero-order chi connectivity index (χ0) is 16.8. The molecule has 0 aliphatic carbocycles. The number of para-hydroxylation sites is 1. The van der Waals surface area contributed by atoms with E-state index in [0.717, 1.165) is 17.0 Å². The van der Waals surface area contributed by atoms with Crippen LogP contribution in [0.5, 0.6) is 5.75 Å². The Balaban J connectivity index is 1.63. The van der Waals surface area contributed by atoms with Crippen molar-refractivity contribution in [2.75, 3.05) is 12.4 Å². The highest BCUT2D eigenvalue weighted by atomic mass is 16.5. The van der Waals surface area contributed by atoms with Crippen LogP contribution in [0.4, 0.5) is 5.69 Å². The summed E-state index contributed by atoms with van der Waals surface area (Å²) < 4.78 is 6.85. The lowest BCUT2D eigenvalue weighted by Gasteiger charge is -2.03. The monoisotopic (exact) mass is 319 g/mol. The lowest BCUT2D eigenvalue weighted by Crippen LogP contribution is -2.07. The number of amides is 1. The van der Waals surface area contributed by atoms with Crippen molar-refractivity contribution in [2.24, 2.45) is 0 Å². The van der Waals surface area contributed by atoms with Crippen LogP contribution < -0.4 is 10.1 Å². The van der Waals surface area contributed by atoms with Crippen LogP contribution in [0.3, 0.4) is 0 Å². The lowest BCUT2D eigenvalue weighted by molar-refractivity contribution is -0.111. The summed E-state index contributed by atoms with van der Waals surface area (Å²) in [7, 11) is 1.60. The number of nitrogens with zero attached hydrogens (tertiary/aromatic N) is 2. The van der Waals surface area contributed by atoms with Crippen LogP contribution in [-0.4, -0.2) is 22.8 Å². The van der Waals surface area contributed by atoms with Gasteiger partial charge in [0.05, 0.1) is 19.0 Å². The molecule has 0 fully saturated rings. The molecule has 0 spiro atoms. The average Bonchev–Trinajstić information content (AvgIpc) is 3.10. The highest BCUT2D eigenvalue weighted by molar-refractivity contribution is 6.01. The van der Waals surface area contributed by atoms with Gasteiger partial charge in [-0.1, -0.05) is 18.2 Å². The topological polar surface area (TPSA) is 56.1 Å². The van der Waals surface area contributed by atoms with Crippen molar-refractivity contribution in [3.8, 4) is 11.4 Å². The molecule has 5 heteroatoms. The van der Waals surface area contributed by atoms with E-state index in [1.165, 1.54) is 6.08 Å². The molecule has 1 aromatic heterocycles. The Morgan fingerprint density at radius 1 is 1.12 bits per heavy atom. The van der Waals surface area contributed by atoms with Gasteiger partial charge in [-0.05, 0) is 42.5 Å². The third kappa shape index (κ3) is 3.89. The van der Waals surface area contributed by atoms with E-state index < -0.39 is 0 Å². The summed E-state index contributed by atoms with van der Waals surface area (Å²) in [5.74, 6) is 0.546. The van der Waals surface area contributed by atoms with E-state index in [-0.39, 0.29) is 5.91 Å². The first-order chi connectivity index (χ1) is 11.7. The average molecular weight is 319 g/mol. The van der Waals surface area contributed by atoms with E-state index in [0.29, 0.717) is 5.69 Å². The van der Waals surface area contributed by atoms with Gasteiger partial charge in [-0.15, -0.1) is 0 Å². The fourth-order valence-electron chi connectivity index (χ4n) is 2.17. The summed E-state index contributed by atoms with van der Waals surface area (Å²) >= 11 is 0. The molecule has 0 atom stereocenters. The van der Waals surface area contributed by atoms with Gasteiger partial charge in [-0.2, -0.15) is 5.10 Å². The second kappa shape index (κ2) is 7.28. The zero-order valence-electron chi connectivity index (χ0n) is 13.2. The van der Waals surface area contributed by atoms with Crippen LogP contribution >= 0.6 is 0 Å². The minimum Gasteiger partial charge on any atom is -0.497 e. The van der Waals surface area contributed by atoms with Crippen molar-refractivity contribution in [2.45, 2.75) is 0 Å². The van der Waals surface area contributed by atoms with Crippen molar-refractivity contribution in [3.63, 3.8) is 0 Å². The summed E-state index contributed by atoms with van der Waals surface area (Å²) in [6.07, 6.45) is 6.79. The summed E-state index contributed by atoms with van der Waals surface area (Å²) in [4.78, 5) is 12.0. The molecular formula is C19H17N3O2. The number of ether oxygens (including phenoxy) is 1. The van der Waals surface area contributed by atoms with E-state index in [1.807, 2.05) is 36.5 Å². The number of carbonyl (C=O) groups excluding carboxylic acids is 1. The molecule has 24 heavy (non-hydrogen) atoms. The quantitative estimate of drug-likeness (QED) is 0.732. The summed E-state index contributed by atoms with van der Waals surface area (Å²) in [6.45, 7) is 0. The zero-order valence-corrected chi connectivity index (χ0v) is 13.2. The Morgan fingerprint density at radius 2 is 1.88 bits per heavy atom. The van der Waals surface area contributed by atoms with E-state index in [9.17, 15) is 4.79 Å². The Morgan fingerprint density at radius 3 is 2.58 bits per heavy atom. The van der Waals surface area contributed by atoms with Gasteiger partial charge in [0.15, 0.2) is 0 Å². The minimum absolute atomic E-state index is 0.201. The minimum atomic E-state index is -0.201. The molecule has 0 bridgehead atoms. The first-order valence-electron chi connectivity index (χ1n) is 7.48. The Labute approximate surface area is 140 Å². The summed E-state index contributed by atoms with van der Waals surface area (Å²) in [5.41, 5.74) is 2.54. The van der Waals surface area contributed by atoms with Gasteiger partial charge in [-0.3, -0.25) is 4.79 Å². The fraction of sp³-hybridized carbons (Fsp3) is 0.0526. The maximum Gasteiger partial charge on any atom is 0.248 e. The van der Waals surface area contributed by atoms with Crippen molar-refractivity contribution < 1.29 is 9.53 Å². The van der Waals surface area contributed by atoms with Gasteiger partial charge in [0, 0.05) is 23.5 Å². The number of carbonyl (C=O) groups is 1. The molecule has 0 aliphatic heterocycles. The fourth-order valence-corrected chi connectivity index (χ4v) is 2.17.